The minimum Gasteiger partial charge on any atom is -0.388 e. The van der Waals surface area contributed by atoms with Crippen molar-refractivity contribution < 1.29 is 14.6 Å². The molecule has 0 saturated carbocycles. The average molecular weight is 219 g/mol. The first-order chi connectivity index (χ1) is 7.15. The minimum atomic E-state index is -0.532. The summed E-state index contributed by atoms with van der Waals surface area (Å²) in [5, 5.41) is 9.68. The summed E-state index contributed by atoms with van der Waals surface area (Å²) in [7, 11) is 5.18. The molecule has 0 aromatic heterocycles. The molecular weight excluding hydrogens is 194 g/mol. The maximum atomic E-state index is 9.68. The Balaban J connectivity index is 3.57. The van der Waals surface area contributed by atoms with E-state index in [2.05, 4.69) is 18.9 Å². The highest BCUT2D eigenvalue weighted by molar-refractivity contribution is 4.61. The smallest absolute Gasteiger partial charge is 0.182 e. The van der Waals surface area contributed by atoms with Crippen molar-refractivity contribution in [3.05, 3.63) is 0 Å². The molecule has 15 heavy (non-hydrogen) atoms. The second kappa shape index (κ2) is 9.09. The highest BCUT2D eigenvalue weighted by atomic mass is 16.7. The third-order valence-electron chi connectivity index (χ3n) is 2.42. The Kier molecular flexibility index (Phi) is 9.00. The van der Waals surface area contributed by atoms with Crippen molar-refractivity contribution in [3.63, 3.8) is 0 Å². The first kappa shape index (κ1) is 14.8. The van der Waals surface area contributed by atoms with Crippen LogP contribution >= 0.6 is 0 Å². The summed E-state index contributed by atoms with van der Waals surface area (Å²) in [4.78, 5) is 2.27. The molecule has 0 aliphatic heterocycles. The van der Waals surface area contributed by atoms with Crippen LogP contribution in [-0.4, -0.2) is 56.8 Å². The van der Waals surface area contributed by atoms with Crippen molar-refractivity contribution in [3.8, 4) is 0 Å². The zero-order chi connectivity index (χ0) is 11.7. The Morgan fingerprint density at radius 3 is 2.27 bits per heavy atom. The van der Waals surface area contributed by atoms with E-state index in [0.29, 0.717) is 6.42 Å². The monoisotopic (exact) mass is 219 g/mol. The van der Waals surface area contributed by atoms with E-state index in [1.807, 2.05) is 0 Å². The fourth-order valence-corrected chi connectivity index (χ4v) is 1.61. The number of rotatable bonds is 9. The Morgan fingerprint density at radius 1 is 1.20 bits per heavy atom. The van der Waals surface area contributed by atoms with Gasteiger partial charge >= 0.3 is 0 Å². The van der Waals surface area contributed by atoms with Crippen LogP contribution in [0, 0.1) is 0 Å². The van der Waals surface area contributed by atoms with E-state index in [0.717, 1.165) is 25.9 Å². The van der Waals surface area contributed by atoms with Gasteiger partial charge in [-0.3, -0.25) is 0 Å². The molecule has 0 spiro atoms. The molecule has 0 saturated heterocycles. The molecule has 1 atom stereocenters. The predicted molar refractivity (Wildman–Crippen MR) is 60.8 cm³/mol. The Morgan fingerprint density at radius 2 is 1.80 bits per heavy atom. The Hall–Kier alpha value is -0.160. The summed E-state index contributed by atoms with van der Waals surface area (Å²) in [5.41, 5.74) is 0. The van der Waals surface area contributed by atoms with Crippen molar-refractivity contribution in [2.75, 3.05) is 34.4 Å². The SMILES string of the molecule is CCCN(C)CCCC(O)C(OC)OC. The van der Waals surface area contributed by atoms with Crippen molar-refractivity contribution in [2.45, 2.75) is 38.6 Å². The van der Waals surface area contributed by atoms with Crippen LogP contribution in [0.15, 0.2) is 0 Å². The maximum absolute atomic E-state index is 9.68. The molecule has 0 aromatic carbocycles. The van der Waals surface area contributed by atoms with Crippen molar-refractivity contribution in [2.24, 2.45) is 0 Å². The molecule has 92 valence electrons. The molecule has 0 aliphatic carbocycles. The van der Waals surface area contributed by atoms with Gasteiger partial charge in [0.25, 0.3) is 0 Å². The van der Waals surface area contributed by atoms with Crippen LogP contribution in [0.5, 0.6) is 0 Å². The van der Waals surface area contributed by atoms with Gasteiger partial charge in [-0.25, -0.2) is 0 Å². The lowest BCUT2D eigenvalue weighted by molar-refractivity contribution is -0.165. The summed E-state index contributed by atoms with van der Waals surface area (Å²) < 4.78 is 9.96. The van der Waals surface area contributed by atoms with E-state index in [1.165, 1.54) is 0 Å². The molecule has 0 aromatic rings. The molecule has 0 fully saturated rings. The molecule has 0 amide bonds. The van der Waals surface area contributed by atoms with Crippen molar-refractivity contribution >= 4 is 0 Å². The molecule has 1 unspecified atom stereocenters. The molecule has 0 aliphatic rings. The lowest BCUT2D eigenvalue weighted by atomic mass is 10.2. The number of aliphatic hydroxyl groups excluding tert-OH is 1. The minimum absolute atomic E-state index is 0.499. The van der Waals surface area contributed by atoms with Gasteiger partial charge in [0, 0.05) is 14.2 Å². The maximum Gasteiger partial charge on any atom is 0.182 e. The first-order valence-corrected chi connectivity index (χ1v) is 5.57. The van der Waals surface area contributed by atoms with Crippen LogP contribution in [0.3, 0.4) is 0 Å². The van der Waals surface area contributed by atoms with Gasteiger partial charge in [0.2, 0.25) is 0 Å². The normalized spacial score (nSPS) is 13.8. The van der Waals surface area contributed by atoms with Gasteiger partial charge in [-0.2, -0.15) is 0 Å². The molecule has 4 nitrogen and oxygen atoms in total. The van der Waals surface area contributed by atoms with Crippen LogP contribution in [0.4, 0.5) is 0 Å². The summed E-state index contributed by atoms with van der Waals surface area (Å²) >= 11 is 0. The molecule has 0 heterocycles. The largest absolute Gasteiger partial charge is 0.388 e. The van der Waals surface area contributed by atoms with Crippen LogP contribution in [0.1, 0.15) is 26.2 Å². The van der Waals surface area contributed by atoms with Gasteiger partial charge in [0.05, 0.1) is 0 Å². The second-order valence-corrected chi connectivity index (χ2v) is 3.85. The third-order valence-corrected chi connectivity index (χ3v) is 2.42. The first-order valence-electron chi connectivity index (χ1n) is 5.57. The van der Waals surface area contributed by atoms with Gasteiger partial charge in [0.1, 0.15) is 6.10 Å². The second-order valence-electron chi connectivity index (χ2n) is 3.85. The average Bonchev–Trinajstić information content (AvgIpc) is 2.20. The quantitative estimate of drug-likeness (QED) is 0.589. The zero-order valence-corrected chi connectivity index (χ0v) is 10.4. The topological polar surface area (TPSA) is 41.9 Å². The zero-order valence-electron chi connectivity index (χ0n) is 10.4. The van der Waals surface area contributed by atoms with E-state index in [-0.39, 0.29) is 0 Å². The summed E-state index contributed by atoms with van der Waals surface area (Å²) in [6.45, 7) is 4.27. The van der Waals surface area contributed by atoms with Crippen LogP contribution in [-0.2, 0) is 9.47 Å². The highest BCUT2D eigenvalue weighted by Crippen LogP contribution is 2.06. The van der Waals surface area contributed by atoms with Gasteiger partial charge < -0.3 is 19.5 Å². The number of ether oxygens (including phenoxy) is 2. The summed E-state index contributed by atoms with van der Waals surface area (Å²) in [6, 6.07) is 0. The number of methoxy groups -OCH3 is 2. The summed E-state index contributed by atoms with van der Waals surface area (Å²) in [5.74, 6) is 0. The number of aliphatic hydroxyl groups is 1. The Bertz CT molecular complexity index is 140. The molecule has 4 heteroatoms. The van der Waals surface area contributed by atoms with Gasteiger partial charge in [-0.05, 0) is 39.4 Å². The lowest BCUT2D eigenvalue weighted by Gasteiger charge is -2.21. The number of nitrogens with zero attached hydrogens (tertiary/aromatic N) is 1. The van der Waals surface area contributed by atoms with Crippen molar-refractivity contribution in [1.29, 1.82) is 0 Å². The molecule has 0 bridgehead atoms. The summed E-state index contributed by atoms with van der Waals surface area (Å²) in [6.07, 6.45) is 1.80. The molecule has 0 rings (SSSR count). The van der Waals surface area contributed by atoms with Gasteiger partial charge in [-0.1, -0.05) is 6.92 Å². The van der Waals surface area contributed by atoms with E-state index in [4.69, 9.17) is 9.47 Å². The van der Waals surface area contributed by atoms with E-state index >= 15 is 0 Å². The Labute approximate surface area is 93.2 Å². The molecule has 0 radical (unpaired) electrons. The fraction of sp³-hybridized carbons (Fsp3) is 1.00. The van der Waals surface area contributed by atoms with Crippen molar-refractivity contribution in [1.82, 2.24) is 4.90 Å². The van der Waals surface area contributed by atoms with E-state index in [1.54, 1.807) is 14.2 Å². The van der Waals surface area contributed by atoms with Crippen LogP contribution in [0.2, 0.25) is 0 Å². The lowest BCUT2D eigenvalue weighted by Crippen LogP contribution is -2.31. The number of hydrogen-bond acceptors (Lipinski definition) is 4. The third kappa shape index (κ3) is 6.84. The highest BCUT2D eigenvalue weighted by Gasteiger charge is 2.17. The van der Waals surface area contributed by atoms with Gasteiger partial charge in [-0.15, -0.1) is 0 Å². The fourth-order valence-electron chi connectivity index (χ4n) is 1.61. The molecule has 1 N–H and O–H groups in total. The van der Waals surface area contributed by atoms with Crippen LogP contribution < -0.4 is 0 Å². The van der Waals surface area contributed by atoms with E-state index in [9.17, 15) is 5.11 Å². The number of hydrogen-bond donors (Lipinski definition) is 1. The van der Waals surface area contributed by atoms with Crippen LogP contribution in [0.25, 0.3) is 0 Å². The molecular formula is C11H25NO3. The van der Waals surface area contributed by atoms with E-state index < -0.39 is 12.4 Å². The standard InChI is InChI=1S/C11H25NO3/c1-5-8-12(2)9-6-7-10(13)11(14-3)15-4/h10-11,13H,5-9H2,1-4H3. The predicted octanol–water partition coefficient (Wildman–Crippen LogP) is 1.09. The van der Waals surface area contributed by atoms with Gasteiger partial charge in [0.15, 0.2) is 6.29 Å².